The monoisotopic (exact) mass is 266 g/mol. The van der Waals surface area contributed by atoms with Crippen LogP contribution in [0.2, 0.25) is 0 Å². The molecule has 0 heterocycles. The summed E-state index contributed by atoms with van der Waals surface area (Å²) in [7, 11) is 0. The van der Waals surface area contributed by atoms with Crippen LogP contribution in [-0.2, 0) is 6.42 Å². The molecule has 0 radical (unpaired) electrons. The fourth-order valence-corrected chi connectivity index (χ4v) is 1.87. The van der Waals surface area contributed by atoms with E-state index in [0.29, 0.717) is 24.9 Å². The molecule has 4 nitrogen and oxygen atoms in total. The van der Waals surface area contributed by atoms with Gasteiger partial charge in [0.15, 0.2) is 0 Å². The van der Waals surface area contributed by atoms with Gasteiger partial charge in [-0.25, -0.2) is 0 Å². The Hall–Kier alpha value is -1.26. The van der Waals surface area contributed by atoms with Gasteiger partial charge in [0, 0.05) is 12.6 Å². The molecule has 0 aliphatic heterocycles. The summed E-state index contributed by atoms with van der Waals surface area (Å²) in [6, 6.07) is 6.24. The van der Waals surface area contributed by atoms with Crippen LogP contribution in [0.25, 0.3) is 0 Å². The van der Waals surface area contributed by atoms with Gasteiger partial charge in [-0.2, -0.15) is 0 Å². The van der Waals surface area contributed by atoms with Gasteiger partial charge in [0.2, 0.25) is 0 Å². The summed E-state index contributed by atoms with van der Waals surface area (Å²) < 4.78 is 5.55. The van der Waals surface area contributed by atoms with Crippen molar-refractivity contribution in [2.75, 3.05) is 18.9 Å². The van der Waals surface area contributed by atoms with Crippen molar-refractivity contribution in [1.29, 1.82) is 0 Å². The Balaban J connectivity index is 2.52. The molecular weight excluding hydrogens is 240 g/mol. The van der Waals surface area contributed by atoms with Gasteiger partial charge in [0.05, 0.1) is 18.4 Å². The van der Waals surface area contributed by atoms with Crippen LogP contribution in [0.5, 0.6) is 5.75 Å². The van der Waals surface area contributed by atoms with E-state index >= 15 is 0 Å². The number of nitrogens with one attached hydrogen (secondary N) is 1. The van der Waals surface area contributed by atoms with E-state index in [0.717, 1.165) is 18.6 Å². The third kappa shape index (κ3) is 5.94. The summed E-state index contributed by atoms with van der Waals surface area (Å²) in [6.45, 7) is 7.24. The molecule has 4 N–H and O–H groups in total. The first-order valence-electron chi connectivity index (χ1n) is 6.95. The lowest BCUT2D eigenvalue weighted by molar-refractivity contribution is 0.187. The maximum absolute atomic E-state index is 9.23. The Kier molecular flexibility index (Phi) is 6.67. The number of benzene rings is 1. The minimum absolute atomic E-state index is 0.302. The van der Waals surface area contributed by atoms with Gasteiger partial charge in [0.25, 0.3) is 0 Å². The largest absolute Gasteiger partial charge is 0.491 e. The van der Waals surface area contributed by atoms with Crippen molar-refractivity contribution >= 4 is 5.69 Å². The van der Waals surface area contributed by atoms with Crippen LogP contribution in [-0.4, -0.2) is 30.4 Å². The van der Waals surface area contributed by atoms with Crippen LogP contribution >= 0.6 is 0 Å². The van der Waals surface area contributed by atoms with Crippen LogP contribution in [0.4, 0.5) is 5.69 Å². The number of hydrogen-bond donors (Lipinski definition) is 3. The lowest BCUT2D eigenvalue weighted by Gasteiger charge is -2.16. The van der Waals surface area contributed by atoms with Crippen LogP contribution in [0.3, 0.4) is 0 Å². The number of hydrogen-bond acceptors (Lipinski definition) is 4. The predicted octanol–water partition coefficient (Wildman–Crippen LogP) is 1.96. The van der Waals surface area contributed by atoms with E-state index in [1.165, 1.54) is 5.56 Å². The van der Waals surface area contributed by atoms with Crippen molar-refractivity contribution in [2.24, 2.45) is 0 Å². The van der Waals surface area contributed by atoms with Gasteiger partial charge in [-0.05, 0) is 44.4 Å². The van der Waals surface area contributed by atoms with E-state index in [2.05, 4.69) is 19.2 Å². The smallest absolute Gasteiger partial charge is 0.142 e. The molecule has 1 aromatic rings. The Morgan fingerprint density at radius 3 is 2.68 bits per heavy atom. The molecular formula is C15H26N2O2. The molecule has 0 saturated carbocycles. The number of nitrogens with two attached hydrogens (primary N) is 1. The highest BCUT2D eigenvalue weighted by atomic mass is 16.5. The predicted molar refractivity (Wildman–Crippen MR) is 79.5 cm³/mol. The molecule has 1 aromatic carbocycles. The van der Waals surface area contributed by atoms with Gasteiger partial charge in [-0.1, -0.05) is 13.0 Å². The molecule has 0 aliphatic rings. The van der Waals surface area contributed by atoms with Crippen LogP contribution in [0.1, 0.15) is 32.8 Å². The van der Waals surface area contributed by atoms with Crippen molar-refractivity contribution in [3.8, 4) is 5.75 Å². The minimum atomic E-state index is -0.322. The molecule has 0 aliphatic carbocycles. The molecule has 0 aromatic heterocycles. The molecule has 0 saturated heterocycles. The minimum Gasteiger partial charge on any atom is -0.491 e. The number of ether oxygens (including phenoxy) is 1. The zero-order chi connectivity index (χ0) is 14.3. The van der Waals surface area contributed by atoms with E-state index in [4.69, 9.17) is 10.5 Å². The first kappa shape index (κ1) is 15.8. The number of anilines is 1. The number of nitrogen functional groups attached to an aromatic ring is 1. The summed E-state index contributed by atoms with van der Waals surface area (Å²) >= 11 is 0. The van der Waals surface area contributed by atoms with Crippen molar-refractivity contribution in [1.82, 2.24) is 5.32 Å². The SMILES string of the molecule is CCCOc1ccc(CC(C)NCC(C)O)cc1N. The summed E-state index contributed by atoms with van der Waals surface area (Å²) in [5, 5.41) is 12.5. The topological polar surface area (TPSA) is 67.5 Å². The van der Waals surface area contributed by atoms with Gasteiger partial charge < -0.3 is 20.9 Å². The summed E-state index contributed by atoms with van der Waals surface area (Å²) in [5.41, 5.74) is 7.84. The lowest BCUT2D eigenvalue weighted by atomic mass is 10.1. The molecule has 2 unspecified atom stereocenters. The second-order valence-corrected chi connectivity index (χ2v) is 5.08. The first-order valence-corrected chi connectivity index (χ1v) is 6.95. The average Bonchev–Trinajstić information content (AvgIpc) is 2.35. The fraction of sp³-hybridized carbons (Fsp3) is 0.600. The normalized spacial score (nSPS) is 14.1. The molecule has 0 bridgehead atoms. The van der Waals surface area contributed by atoms with Gasteiger partial charge in [-0.15, -0.1) is 0 Å². The van der Waals surface area contributed by atoms with E-state index in [1.807, 2.05) is 18.2 Å². The highest BCUT2D eigenvalue weighted by Crippen LogP contribution is 2.23. The lowest BCUT2D eigenvalue weighted by Crippen LogP contribution is -2.33. The molecule has 1 rings (SSSR count). The molecule has 4 heteroatoms. The fourth-order valence-electron chi connectivity index (χ4n) is 1.87. The van der Waals surface area contributed by atoms with Crippen LogP contribution in [0, 0.1) is 0 Å². The van der Waals surface area contributed by atoms with Crippen molar-refractivity contribution in [3.63, 3.8) is 0 Å². The summed E-state index contributed by atoms with van der Waals surface area (Å²) in [4.78, 5) is 0. The Morgan fingerprint density at radius 2 is 2.11 bits per heavy atom. The van der Waals surface area contributed by atoms with Crippen molar-refractivity contribution < 1.29 is 9.84 Å². The zero-order valence-corrected chi connectivity index (χ0v) is 12.1. The highest BCUT2D eigenvalue weighted by molar-refractivity contribution is 5.54. The van der Waals surface area contributed by atoms with Gasteiger partial charge >= 0.3 is 0 Å². The van der Waals surface area contributed by atoms with Gasteiger partial charge in [-0.3, -0.25) is 0 Å². The van der Waals surface area contributed by atoms with E-state index < -0.39 is 0 Å². The average molecular weight is 266 g/mol. The third-order valence-corrected chi connectivity index (χ3v) is 2.84. The third-order valence-electron chi connectivity index (χ3n) is 2.84. The summed E-state index contributed by atoms with van der Waals surface area (Å²) in [6.07, 6.45) is 1.53. The van der Waals surface area contributed by atoms with E-state index in [-0.39, 0.29) is 6.10 Å². The molecule has 0 fully saturated rings. The standard InChI is InChI=1S/C15H26N2O2/c1-4-7-19-15-6-5-13(9-14(15)16)8-11(2)17-10-12(3)18/h5-6,9,11-12,17-18H,4,7-8,10,16H2,1-3H3. The van der Waals surface area contributed by atoms with Crippen molar-refractivity contribution in [3.05, 3.63) is 23.8 Å². The Labute approximate surface area is 116 Å². The van der Waals surface area contributed by atoms with E-state index in [9.17, 15) is 5.11 Å². The van der Waals surface area contributed by atoms with E-state index in [1.54, 1.807) is 6.92 Å². The number of rotatable bonds is 8. The van der Waals surface area contributed by atoms with Crippen molar-refractivity contribution in [2.45, 2.75) is 45.8 Å². The zero-order valence-electron chi connectivity index (χ0n) is 12.1. The molecule has 19 heavy (non-hydrogen) atoms. The first-order chi connectivity index (χ1) is 9.02. The second-order valence-electron chi connectivity index (χ2n) is 5.08. The Bertz CT molecular complexity index is 380. The molecule has 108 valence electrons. The molecule has 2 atom stereocenters. The highest BCUT2D eigenvalue weighted by Gasteiger charge is 2.07. The maximum atomic E-state index is 9.23. The second kappa shape index (κ2) is 8.02. The van der Waals surface area contributed by atoms with Crippen LogP contribution < -0.4 is 15.8 Å². The molecule has 0 amide bonds. The van der Waals surface area contributed by atoms with Gasteiger partial charge in [0.1, 0.15) is 5.75 Å². The quantitative estimate of drug-likeness (QED) is 0.629. The Morgan fingerprint density at radius 1 is 1.37 bits per heavy atom. The maximum Gasteiger partial charge on any atom is 0.142 e. The van der Waals surface area contributed by atoms with Crippen LogP contribution in [0.15, 0.2) is 18.2 Å². The molecule has 0 spiro atoms. The summed E-state index contributed by atoms with van der Waals surface area (Å²) in [5.74, 6) is 0.759. The number of aliphatic hydroxyl groups is 1. The number of aliphatic hydroxyl groups excluding tert-OH is 1.